The standard InChI is InChI=1S/C8H18N2/c1-6(2)10-8-4-7(3)9-5-8/h6-10H,4-5H2,1-3H3. The fourth-order valence-electron chi connectivity index (χ4n) is 1.54. The van der Waals surface area contributed by atoms with Gasteiger partial charge in [-0.15, -0.1) is 0 Å². The summed E-state index contributed by atoms with van der Waals surface area (Å²) in [7, 11) is 0. The molecule has 0 spiro atoms. The van der Waals surface area contributed by atoms with Crippen molar-refractivity contribution in [1.29, 1.82) is 0 Å². The van der Waals surface area contributed by atoms with Gasteiger partial charge in [0.25, 0.3) is 0 Å². The third-order valence-corrected chi connectivity index (χ3v) is 1.92. The van der Waals surface area contributed by atoms with E-state index in [1.807, 2.05) is 0 Å². The van der Waals surface area contributed by atoms with Gasteiger partial charge in [0.1, 0.15) is 0 Å². The van der Waals surface area contributed by atoms with E-state index in [0.29, 0.717) is 18.1 Å². The van der Waals surface area contributed by atoms with Crippen LogP contribution in [0.5, 0.6) is 0 Å². The highest BCUT2D eigenvalue weighted by molar-refractivity contribution is 4.84. The Labute approximate surface area is 63.4 Å². The summed E-state index contributed by atoms with van der Waals surface area (Å²) in [5.74, 6) is 0. The highest BCUT2D eigenvalue weighted by Gasteiger charge is 2.19. The van der Waals surface area contributed by atoms with Gasteiger partial charge in [-0.1, -0.05) is 13.8 Å². The average molecular weight is 142 g/mol. The highest BCUT2D eigenvalue weighted by Crippen LogP contribution is 2.05. The molecule has 10 heavy (non-hydrogen) atoms. The summed E-state index contributed by atoms with van der Waals surface area (Å²) in [5.41, 5.74) is 0. The van der Waals surface area contributed by atoms with E-state index in [0.717, 1.165) is 6.54 Å². The van der Waals surface area contributed by atoms with Crippen molar-refractivity contribution in [1.82, 2.24) is 10.6 Å². The Hall–Kier alpha value is -0.0800. The number of hydrogen-bond donors (Lipinski definition) is 2. The van der Waals surface area contributed by atoms with Gasteiger partial charge < -0.3 is 10.6 Å². The first-order chi connectivity index (χ1) is 4.68. The third-order valence-electron chi connectivity index (χ3n) is 1.92. The van der Waals surface area contributed by atoms with Crippen molar-refractivity contribution in [3.63, 3.8) is 0 Å². The van der Waals surface area contributed by atoms with E-state index in [1.54, 1.807) is 0 Å². The minimum absolute atomic E-state index is 0.622. The summed E-state index contributed by atoms with van der Waals surface area (Å²) in [6.45, 7) is 7.77. The molecule has 2 N–H and O–H groups in total. The molecule has 60 valence electrons. The predicted octanol–water partition coefficient (Wildman–Crippen LogP) is 0.735. The molecule has 2 heteroatoms. The largest absolute Gasteiger partial charge is 0.313 e. The zero-order valence-corrected chi connectivity index (χ0v) is 7.15. The monoisotopic (exact) mass is 142 g/mol. The molecule has 2 nitrogen and oxygen atoms in total. The molecular formula is C8H18N2. The first-order valence-corrected chi connectivity index (χ1v) is 4.18. The second-order valence-corrected chi connectivity index (χ2v) is 3.56. The lowest BCUT2D eigenvalue weighted by molar-refractivity contribution is 0.483. The van der Waals surface area contributed by atoms with E-state index in [9.17, 15) is 0 Å². The molecule has 1 saturated heterocycles. The van der Waals surface area contributed by atoms with Crippen LogP contribution in [0.1, 0.15) is 27.2 Å². The molecule has 0 aromatic heterocycles. The molecule has 1 aliphatic rings. The van der Waals surface area contributed by atoms with Crippen molar-refractivity contribution >= 4 is 0 Å². The van der Waals surface area contributed by atoms with Crippen LogP contribution in [0.2, 0.25) is 0 Å². The predicted molar refractivity (Wildman–Crippen MR) is 44.1 cm³/mol. The molecule has 2 atom stereocenters. The maximum absolute atomic E-state index is 3.51. The Morgan fingerprint density at radius 3 is 2.60 bits per heavy atom. The summed E-state index contributed by atoms with van der Waals surface area (Å²) < 4.78 is 0. The van der Waals surface area contributed by atoms with Crippen molar-refractivity contribution in [2.45, 2.75) is 45.3 Å². The molecule has 1 rings (SSSR count). The van der Waals surface area contributed by atoms with Gasteiger partial charge in [-0.25, -0.2) is 0 Å². The zero-order chi connectivity index (χ0) is 7.56. The van der Waals surface area contributed by atoms with Crippen molar-refractivity contribution in [3.8, 4) is 0 Å². The van der Waals surface area contributed by atoms with Crippen LogP contribution in [0.15, 0.2) is 0 Å². The molecule has 0 radical (unpaired) electrons. The quantitative estimate of drug-likeness (QED) is 0.594. The second-order valence-electron chi connectivity index (χ2n) is 3.56. The lowest BCUT2D eigenvalue weighted by atomic mass is 10.2. The first-order valence-electron chi connectivity index (χ1n) is 4.18. The molecular weight excluding hydrogens is 124 g/mol. The van der Waals surface area contributed by atoms with Gasteiger partial charge in [0.15, 0.2) is 0 Å². The van der Waals surface area contributed by atoms with Crippen molar-refractivity contribution in [3.05, 3.63) is 0 Å². The van der Waals surface area contributed by atoms with E-state index in [-0.39, 0.29) is 0 Å². The fraction of sp³-hybridized carbons (Fsp3) is 1.00. The maximum Gasteiger partial charge on any atom is 0.0209 e. The second kappa shape index (κ2) is 3.35. The molecule has 0 bridgehead atoms. The van der Waals surface area contributed by atoms with E-state index in [2.05, 4.69) is 31.4 Å². The Balaban J connectivity index is 2.18. The van der Waals surface area contributed by atoms with Gasteiger partial charge in [-0.2, -0.15) is 0 Å². The maximum atomic E-state index is 3.51. The highest BCUT2D eigenvalue weighted by atomic mass is 15.1. The fourth-order valence-corrected chi connectivity index (χ4v) is 1.54. The van der Waals surface area contributed by atoms with E-state index in [4.69, 9.17) is 0 Å². The number of nitrogens with one attached hydrogen (secondary N) is 2. The van der Waals surface area contributed by atoms with E-state index >= 15 is 0 Å². The Bertz CT molecular complexity index is 101. The molecule has 0 aromatic rings. The summed E-state index contributed by atoms with van der Waals surface area (Å²) in [6, 6.07) is 2.03. The lowest BCUT2D eigenvalue weighted by Crippen LogP contribution is -2.35. The molecule has 0 aromatic carbocycles. The summed E-state index contributed by atoms with van der Waals surface area (Å²) in [5, 5.41) is 6.92. The normalized spacial score (nSPS) is 33.6. The zero-order valence-electron chi connectivity index (χ0n) is 7.15. The molecule has 2 unspecified atom stereocenters. The summed E-state index contributed by atoms with van der Waals surface area (Å²) in [6.07, 6.45) is 1.28. The minimum Gasteiger partial charge on any atom is -0.313 e. The van der Waals surface area contributed by atoms with Gasteiger partial charge in [0, 0.05) is 24.7 Å². The van der Waals surface area contributed by atoms with Gasteiger partial charge in [-0.3, -0.25) is 0 Å². The topological polar surface area (TPSA) is 24.1 Å². The molecule has 1 aliphatic heterocycles. The number of rotatable bonds is 2. The van der Waals surface area contributed by atoms with Gasteiger partial charge in [-0.05, 0) is 13.3 Å². The minimum atomic E-state index is 0.622. The van der Waals surface area contributed by atoms with Gasteiger partial charge >= 0.3 is 0 Å². The van der Waals surface area contributed by atoms with Crippen LogP contribution in [0, 0.1) is 0 Å². The van der Waals surface area contributed by atoms with Crippen molar-refractivity contribution in [2.24, 2.45) is 0 Å². The van der Waals surface area contributed by atoms with Gasteiger partial charge in [0.05, 0.1) is 0 Å². The lowest BCUT2D eigenvalue weighted by Gasteiger charge is -2.14. The first kappa shape index (κ1) is 8.02. The van der Waals surface area contributed by atoms with Crippen LogP contribution >= 0.6 is 0 Å². The molecule has 1 fully saturated rings. The smallest absolute Gasteiger partial charge is 0.0209 e. The van der Waals surface area contributed by atoms with Crippen LogP contribution in [0.3, 0.4) is 0 Å². The Morgan fingerprint density at radius 2 is 2.20 bits per heavy atom. The Morgan fingerprint density at radius 1 is 1.50 bits per heavy atom. The third kappa shape index (κ3) is 2.27. The molecule has 0 aliphatic carbocycles. The van der Waals surface area contributed by atoms with Crippen LogP contribution in [-0.2, 0) is 0 Å². The summed E-state index contributed by atoms with van der Waals surface area (Å²) >= 11 is 0. The number of hydrogen-bond acceptors (Lipinski definition) is 2. The van der Waals surface area contributed by atoms with E-state index in [1.165, 1.54) is 6.42 Å². The van der Waals surface area contributed by atoms with Crippen LogP contribution < -0.4 is 10.6 Å². The van der Waals surface area contributed by atoms with Crippen molar-refractivity contribution in [2.75, 3.05) is 6.54 Å². The van der Waals surface area contributed by atoms with Crippen LogP contribution in [0.25, 0.3) is 0 Å². The SMILES string of the molecule is CC(C)NC1CNC(C)C1. The summed E-state index contributed by atoms with van der Waals surface area (Å²) in [4.78, 5) is 0. The Kier molecular flexibility index (Phi) is 2.69. The van der Waals surface area contributed by atoms with Crippen molar-refractivity contribution < 1.29 is 0 Å². The molecule has 1 heterocycles. The van der Waals surface area contributed by atoms with Gasteiger partial charge in [0.2, 0.25) is 0 Å². The van der Waals surface area contributed by atoms with Crippen LogP contribution in [0.4, 0.5) is 0 Å². The van der Waals surface area contributed by atoms with E-state index < -0.39 is 0 Å². The van der Waals surface area contributed by atoms with Crippen LogP contribution in [-0.4, -0.2) is 24.7 Å². The molecule has 0 saturated carbocycles. The average Bonchev–Trinajstić information content (AvgIpc) is 2.13. The molecule has 0 amide bonds.